The average molecular weight is 304 g/mol. The molecule has 0 fully saturated rings. The fraction of sp³-hybridized carbons (Fsp3) is 0.500. The zero-order valence-corrected chi connectivity index (χ0v) is 13.3. The number of carbonyl (C=O) groups excluding carboxylic acids is 1. The summed E-state index contributed by atoms with van der Waals surface area (Å²) in [5.74, 6) is 1.12. The van der Waals surface area contributed by atoms with Crippen LogP contribution in [0.2, 0.25) is 0 Å². The third-order valence-electron chi connectivity index (χ3n) is 3.48. The number of para-hydroxylation sites is 2. The summed E-state index contributed by atoms with van der Waals surface area (Å²) in [6.07, 6.45) is 0.739. The highest BCUT2D eigenvalue weighted by Crippen LogP contribution is 2.15. The second kappa shape index (κ2) is 7.26. The van der Waals surface area contributed by atoms with Crippen LogP contribution in [0.1, 0.15) is 39.1 Å². The number of aliphatic hydroxyl groups excluding tert-OH is 1. The Hall–Kier alpha value is -2.08. The van der Waals surface area contributed by atoms with Gasteiger partial charge in [0, 0.05) is 0 Å². The van der Waals surface area contributed by atoms with Gasteiger partial charge in [-0.15, -0.1) is 0 Å². The molecule has 22 heavy (non-hydrogen) atoms. The Morgan fingerprint density at radius 3 is 2.64 bits per heavy atom. The zero-order chi connectivity index (χ0) is 16.1. The van der Waals surface area contributed by atoms with Crippen LogP contribution in [0.25, 0.3) is 11.0 Å². The van der Waals surface area contributed by atoms with E-state index in [4.69, 9.17) is 0 Å². The van der Waals surface area contributed by atoms with Crippen LogP contribution < -0.4 is 10.6 Å². The number of nitrogens with zero attached hydrogens (tertiary/aromatic N) is 1. The van der Waals surface area contributed by atoms with Crippen LogP contribution in [-0.2, 0) is 0 Å². The summed E-state index contributed by atoms with van der Waals surface area (Å²) in [5.41, 5.74) is 1.82. The number of hydrogen-bond acceptors (Lipinski definition) is 3. The number of imidazole rings is 1. The van der Waals surface area contributed by atoms with Gasteiger partial charge in [-0.2, -0.15) is 0 Å². The number of H-pyrrole nitrogens is 1. The molecular weight excluding hydrogens is 280 g/mol. The predicted octanol–water partition coefficient (Wildman–Crippen LogP) is 2.33. The standard InChI is InChI=1S/C16H24N4O2/c1-10(2)8-12(9-21)18-16(22)17-11(3)15-19-13-6-4-5-7-14(13)20-15/h4-7,10-12,21H,8-9H2,1-3H3,(H,19,20)(H2,17,18,22). The number of aromatic nitrogens is 2. The van der Waals surface area contributed by atoms with Gasteiger partial charge in [0.15, 0.2) is 0 Å². The first-order chi connectivity index (χ1) is 10.5. The molecule has 4 N–H and O–H groups in total. The van der Waals surface area contributed by atoms with E-state index in [2.05, 4.69) is 34.4 Å². The van der Waals surface area contributed by atoms with Gasteiger partial charge in [-0.05, 0) is 31.4 Å². The van der Waals surface area contributed by atoms with Crippen molar-refractivity contribution in [2.45, 2.75) is 39.3 Å². The maximum Gasteiger partial charge on any atom is 0.315 e. The van der Waals surface area contributed by atoms with Crippen LogP contribution >= 0.6 is 0 Å². The lowest BCUT2D eigenvalue weighted by atomic mass is 10.0. The molecule has 6 heteroatoms. The lowest BCUT2D eigenvalue weighted by Gasteiger charge is -2.20. The monoisotopic (exact) mass is 304 g/mol. The fourth-order valence-corrected chi connectivity index (χ4v) is 2.42. The van der Waals surface area contributed by atoms with Gasteiger partial charge in [-0.3, -0.25) is 0 Å². The van der Waals surface area contributed by atoms with Gasteiger partial charge in [0.25, 0.3) is 0 Å². The average Bonchev–Trinajstić information content (AvgIpc) is 2.90. The summed E-state index contributed by atoms with van der Waals surface area (Å²) >= 11 is 0. The van der Waals surface area contributed by atoms with Crippen molar-refractivity contribution in [2.75, 3.05) is 6.61 Å². The van der Waals surface area contributed by atoms with E-state index < -0.39 is 0 Å². The Balaban J connectivity index is 1.95. The number of urea groups is 1. The van der Waals surface area contributed by atoms with Gasteiger partial charge in [-0.1, -0.05) is 26.0 Å². The lowest BCUT2D eigenvalue weighted by Crippen LogP contribution is -2.45. The van der Waals surface area contributed by atoms with Crippen LogP contribution in [0.15, 0.2) is 24.3 Å². The van der Waals surface area contributed by atoms with E-state index in [1.807, 2.05) is 31.2 Å². The van der Waals surface area contributed by atoms with Crippen molar-refractivity contribution in [2.24, 2.45) is 5.92 Å². The molecule has 2 aromatic rings. The van der Waals surface area contributed by atoms with Crippen LogP contribution in [0.3, 0.4) is 0 Å². The van der Waals surface area contributed by atoms with Crippen LogP contribution in [0.4, 0.5) is 4.79 Å². The molecule has 0 saturated carbocycles. The van der Waals surface area contributed by atoms with Crippen molar-refractivity contribution < 1.29 is 9.90 Å². The van der Waals surface area contributed by atoms with E-state index in [0.29, 0.717) is 11.7 Å². The first-order valence-corrected chi connectivity index (χ1v) is 7.62. The Kier molecular flexibility index (Phi) is 5.38. The van der Waals surface area contributed by atoms with Gasteiger partial charge >= 0.3 is 6.03 Å². The van der Waals surface area contributed by atoms with Gasteiger partial charge in [0.2, 0.25) is 0 Å². The number of hydrogen-bond donors (Lipinski definition) is 4. The summed E-state index contributed by atoms with van der Waals surface area (Å²) in [4.78, 5) is 19.7. The van der Waals surface area contributed by atoms with Gasteiger partial charge in [0.1, 0.15) is 5.82 Å². The number of aliphatic hydroxyl groups is 1. The highest BCUT2D eigenvalue weighted by Gasteiger charge is 2.17. The first kappa shape index (κ1) is 16.3. The minimum atomic E-state index is -0.298. The van der Waals surface area contributed by atoms with Crippen molar-refractivity contribution >= 4 is 17.1 Å². The number of fused-ring (bicyclic) bond motifs is 1. The number of nitrogens with one attached hydrogen (secondary N) is 3. The Bertz CT molecular complexity index is 590. The van der Waals surface area contributed by atoms with E-state index in [1.165, 1.54) is 0 Å². The number of benzene rings is 1. The SMILES string of the molecule is CC(C)CC(CO)NC(=O)NC(C)c1nc2ccccc2[nH]1. The molecule has 2 amide bonds. The number of amides is 2. The number of rotatable bonds is 6. The molecule has 120 valence electrons. The smallest absolute Gasteiger partial charge is 0.315 e. The van der Waals surface area contributed by atoms with Gasteiger partial charge in [-0.25, -0.2) is 9.78 Å². The van der Waals surface area contributed by atoms with Gasteiger partial charge < -0.3 is 20.7 Å². The maximum absolute atomic E-state index is 12.0. The Labute approximate surface area is 130 Å². The largest absolute Gasteiger partial charge is 0.394 e. The third-order valence-corrected chi connectivity index (χ3v) is 3.48. The molecule has 2 atom stereocenters. The summed E-state index contributed by atoms with van der Waals surface area (Å²) in [7, 11) is 0. The molecule has 2 rings (SSSR count). The highest BCUT2D eigenvalue weighted by molar-refractivity contribution is 5.76. The summed E-state index contributed by atoms with van der Waals surface area (Å²) in [6.45, 7) is 5.91. The van der Waals surface area contributed by atoms with E-state index >= 15 is 0 Å². The number of aromatic amines is 1. The second-order valence-corrected chi connectivity index (χ2v) is 5.99. The maximum atomic E-state index is 12.0. The van der Waals surface area contributed by atoms with Crippen molar-refractivity contribution in [3.63, 3.8) is 0 Å². The summed E-state index contributed by atoms with van der Waals surface area (Å²) in [5, 5.41) is 14.9. The van der Waals surface area contributed by atoms with E-state index in [1.54, 1.807) is 0 Å². The molecule has 0 saturated heterocycles. The van der Waals surface area contributed by atoms with Crippen molar-refractivity contribution in [1.82, 2.24) is 20.6 Å². The Morgan fingerprint density at radius 1 is 1.27 bits per heavy atom. The molecule has 0 radical (unpaired) electrons. The van der Waals surface area contributed by atoms with Gasteiger partial charge in [0.05, 0.1) is 29.7 Å². The van der Waals surface area contributed by atoms with Crippen molar-refractivity contribution in [3.05, 3.63) is 30.1 Å². The topological polar surface area (TPSA) is 90.0 Å². The molecule has 0 spiro atoms. The molecule has 1 heterocycles. The van der Waals surface area contributed by atoms with Crippen LogP contribution in [0.5, 0.6) is 0 Å². The third kappa shape index (κ3) is 4.21. The lowest BCUT2D eigenvalue weighted by molar-refractivity contribution is 0.205. The number of carbonyl (C=O) groups is 1. The first-order valence-electron chi connectivity index (χ1n) is 7.62. The Morgan fingerprint density at radius 2 is 2.00 bits per heavy atom. The van der Waals surface area contributed by atoms with Crippen molar-refractivity contribution in [3.8, 4) is 0 Å². The highest BCUT2D eigenvalue weighted by atomic mass is 16.3. The predicted molar refractivity (Wildman–Crippen MR) is 86.5 cm³/mol. The fourth-order valence-electron chi connectivity index (χ4n) is 2.42. The molecule has 0 aliphatic carbocycles. The normalized spacial score (nSPS) is 14.0. The molecule has 6 nitrogen and oxygen atoms in total. The molecule has 2 unspecified atom stereocenters. The van der Waals surface area contributed by atoms with Crippen molar-refractivity contribution in [1.29, 1.82) is 0 Å². The quantitative estimate of drug-likeness (QED) is 0.660. The molecular formula is C16H24N4O2. The minimum absolute atomic E-state index is 0.0649. The second-order valence-electron chi connectivity index (χ2n) is 5.99. The van der Waals surface area contributed by atoms with Crippen LogP contribution in [0, 0.1) is 5.92 Å². The summed E-state index contributed by atoms with van der Waals surface area (Å²) < 4.78 is 0. The van der Waals surface area contributed by atoms with Crippen LogP contribution in [-0.4, -0.2) is 33.8 Å². The molecule has 1 aromatic carbocycles. The molecule has 1 aromatic heterocycles. The molecule has 0 aliphatic rings. The molecule has 0 aliphatic heterocycles. The van der Waals surface area contributed by atoms with E-state index in [-0.39, 0.29) is 24.7 Å². The van der Waals surface area contributed by atoms with E-state index in [9.17, 15) is 9.90 Å². The minimum Gasteiger partial charge on any atom is -0.394 e. The zero-order valence-electron chi connectivity index (χ0n) is 13.3. The summed E-state index contributed by atoms with van der Waals surface area (Å²) in [6, 6.07) is 6.96. The molecule has 0 bridgehead atoms. The van der Waals surface area contributed by atoms with E-state index in [0.717, 1.165) is 17.5 Å².